The largest absolute Gasteiger partial charge is 0.477 e. The number of hydrogen-bond acceptors (Lipinski definition) is 6. The van der Waals surface area contributed by atoms with Crippen LogP contribution in [0.25, 0.3) is 0 Å². The van der Waals surface area contributed by atoms with Crippen molar-refractivity contribution in [3.63, 3.8) is 0 Å². The van der Waals surface area contributed by atoms with E-state index in [2.05, 4.69) is 4.74 Å². The van der Waals surface area contributed by atoms with Crippen molar-refractivity contribution in [3.8, 4) is 17.2 Å². The number of halogens is 4. The maximum atomic E-state index is 14.1. The van der Waals surface area contributed by atoms with Crippen molar-refractivity contribution in [1.29, 1.82) is 0 Å². The number of rotatable bonds is 7. The molecule has 0 radical (unpaired) electrons. The van der Waals surface area contributed by atoms with E-state index in [9.17, 15) is 28.1 Å². The van der Waals surface area contributed by atoms with Gasteiger partial charge in [0.2, 0.25) is 11.6 Å². The zero-order valence-corrected chi connectivity index (χ0v) is 14.9. The summed E-state index contributed by atoms with van der Waals surface area (Å²) in [6.45, 7) is 0.970. The third-order valence-corrected chi connectivity index (χ3v) is 3.78. The van der Waals surface area contributed by atoms with Gasteiger partial charge in [0.25, 0.3) is 6.29 Å². The second-order valence-electron chi connectivity index (χ2n) is 5.22. The van der Waals surface area contributed by atoms with Gasteiger partial charge in [0.15, 0.2) is 17.4 Å². The molecule has 0 heterocycles. The zero-order valence-electron chi connectivity index (χ0n) is 14.2. The Kier molecular flexibility index (Phi) is 6.31. The number of nitro benzene ring substituents is 1. The highest BCUT2D eigenvalue weighted by molar-refractivity contribution is 6.32. The number of carbonyl (C=O) groups is 1. The number of ether oxygens (including phenoxy) is 3. The second-order valence-corrected chi connectivity index (χ2v) is 5.60. The maximum Gasteiger partial charge on any atom is 0.373 e. The van der Waals surface area contributed by atoms with Crippen molar-refractivity contribution in [1.82, 2.24) is 0 Å². The molecule has 0 spiro atoms. The molecule has 8 nitrogen and oxygen atoms in total. The molecule has 28 heavy (non-hydrogen) atoms. The summed E-state index contributed by atoms with van der Waals surface area (Å²) in [5, 5.41) is 19.2. The van der Waals surface area contributed by atoms with Gasteiger partial charge in [-0.2, -0.15) is 4.39 Å². The van der Waals surface area contributed by atoms with Crippen LogP contribution in [0.4, 0.5) is 18.9 Å². The molecule has 150 valence electrons. The molecule has 1 unspecified atom stereocenters. The molecule has 12 heteroatoms. The second kappa shape index (κ2) is 8.31. The van der Waals surface area contributed by atoms with Crippen LogP contribution in [0.1, 0.15) is 5.56 Å². The van der Waals surface area contributed by atoms with Crippen LogP contribution in [0.5, 0.6) is 17.2 Å². The van der Waals surface area contributed by atoms with Gasteiger partial charge in [-0.3, -0.25) is 10.1 Å². The molecule has 0 aliphatic carbocycles. The summed E-state index contributed by atoms with van der Waals surface area (Å²) in [5.74, 6) is -7.92. The van der Waals surface area contributed by atoms with E-state index in [0.29, 0.717) is 0 Å². The highest BCUT2D eigenvalue weighted by atomic mass is 35.5. The minimum atomic E-state index is -1.90. The molecule has 0 saturated heterocycles. The van der Waals surface area contributed by atoms with Crippen LogP contribution in [0.2, 0.25) is 5.02 Å². The molecule has 0 aliphatic rings. The van der Waals surface area contributed by atoms with Crippen LogP contribution < -0.4 is 9.47 Å². The van der Waals surface area contributed by atoms with Gasteiger partial charge in [0, 0.05) is 24.8 Å². The van der Waals surface area contributed by atoms with Crippen LogP contribution in [0.3, 0.4) is 0 Å². The summed E-state index contributed by atoms with van der Waals surface area (Å²) in [5.41, 5.74) is -1.32. The molecule has 2 rings (SSSR count). The first-order valence-electron chi connectivity index (χ1n) is 7.29. The summed E-state index contributed by atoms with van der Waals surface area (Å²) in [6.07, 6.45) is -1.90. The van der Waals surface area contributed by atoms with Crippen molar-refractivity contribution < 1.29 is 42.2 Å². The number of nitrogens with zero attached hydrogens (tertiary/aromatic N) is 1. The molecule has 2 aromatic carbocycles. The predicted molar refractivity (Wildman–Crippen MR) is 88.3 cm³/mol. The van der Waals surface area contributed by atoms with Gasteiger partial charge in [-0.15, -0.1) is 0 Å². The van der Waals surface area contributed by atoms with E-state index < -0.39 is 62.4 Å². The Bertz CT molecular complexity index is 925. The summed E-state index contributed by atoms with van der Waals surface area (Å²) in [4.78, 5) is 21.2. The lowest BCUT2D eigenvalue weighted by Crippen LogP contribution is -2.29. The molecular weight excluding hydrogens is 411 g/mol. The monoisotopic (exact) mass is 421 g/mol. The maximum absolute atomic E-state index is 14.1. The van der Waals surface area contributed by atoms with Crippen molar-refractivity contribution in [2.45, 2.75) is 13.2 Å². The number of methoxy groups -OCH3 is 1. The van der Waals surface area contributed by atoms with Crippen LogP contribution in [0, 0.1) is 34.5 Å². The quantitative estimate of drug-likeness (QED) is 0.309. The Balaban J connectivity index is 2.50. The van der Waals surface area contributed by atoms with Crippen LogP contribution >= 0.6 is 11.6 Å². The Labute approximate surface area is 160 Å². The van der Waals surface area contributed by atoms with Gasteiger partial charge in [-0.25, -0.2) is 13.6 Å². The highest BCUT2D eigenvalue weighted by Gasteiger charge is 2.27. The van der Waals surface area contributed by atoms with E-state index in [0.717, 1.165) is 32.2 Å². The minimum absolute atomic E-state index is 0.371. The Hall–Kier alpha value is -3.05. The summed E-state index contributed by atoms with van der Waals surface area (Å²) in [6, 6.07) is 2.64. The Morgan fingerprint density at radius 1 is 1.25 bits per heavy atom. The van der Waals surface area contributed by atoms with Crippen LogP contribution in [-0.2, 0) is 9.53 Å². The van der Waals surface area contributed by atoms with Gasteiger partial charge in [0.1, 0.15) is 10.8 Å². The van der Waals surface area contributed by atoms with Crippen molar-refractivity contribution in [3.05, 3.63) is 56.4 Å². The van der Waals surface area contributed by atoms with Crippen LogP contribution in [0.15, 0.2) is 18.2 Å². The number of benzene rings is 2. The average Bonchev–Trinajstić information content (AvgIpc) is 2.65. The molecule has 0 saturated carbocycles. The van der Waals surface area contributed by atoms with E-state index in [1.165, 1.54) is 0 Å². The average molecular weight is 422 g/mol. The predicted octanol–water partition coefficient (Wildman–Crippen LogP) is 4.20. The number of aliphatic carboxylic acids is 1. The third-order valence-electron chi connectivity index (χ3n) is 3.44. The standard InChI is InChI=1S/C16H11ClF3NO7/c1-6-11(18)10(17)14(13(20)12(6)19)27-7-3-4-8(21(24)25)9(5-7)28-16(26-2)15(22)23/h3-5,16H,1-2H3,(H,22,23). The molecule has 0 amide bonds. The first-order chi connectivity index (χ1) is 13.1. The topological polar surface area (TPSA) is 108 Å². The Morgan fingerprint density at radius 2 is 1.89 bits per heavy atom. The van der Waals surface area contributed by atoms with Gasteiger partial charge in [-0.1, -0.05) is 11.6 Å². The van der Waals surface area contributed by atoms with Gasteiger partial charge in [0.05, 0.1) is 4.92 Å². The van der Waals surface area contributed by atoms with E-state index in [4.69, 9.17) is 26.2 Å². The van der Waals surface area contributed by atoms with E-state index in [-0.39, 0.29) is 5.75 Å². The molecule has 0 aliphatic heterocycles. The van der Waals surface area contributed by atoms with Gasteiger partial charge < -0.3 is 19.3 Å². The first kappa shape index (κ1) is 21.3. The Morgan fingerprint density at radius 3 is 2.43 bits per heavy atom. The highest BCUT2D eigenvalue weighted by Crippen LogP contribution is 2.40. The fraction of sp³-hybridized carbons (Fsp3) is 0.188. The van der Waals surface area contributed by atoms with E-state index >= 15 is 0 Å². The minimum Gasteiger partial charge on any atom is -0.477 e. The lowest BCUT2D eigenvalue weighted by molar-refractivity contribution is -0.386. The van der Waals surface area contributed by atoms with Gasteiger partial charge >= 0.3 is 11.7 Å². The fourth-order valence-electron chi connectivity index (χ4n) is 2.05. The molecule has 1 atom stereocenters. The smallest absolute Gasteiger partial charge is 0.373 e. The zero-order chi connectivity index (χ0) is 21.2. The number of hydrogen-bond donors (Lipinski definition) is 1. The van der Waals surface area contributed by atoms with E-state index in [1.54, 1.807) is 0 Å². The van der Waals surface area contributed by atoms with E-state index in [1.807, 2.05) is 0 Å². The summed E-state index contributed by atoms with van der Waals surface area (Å²) in [7, 11) is 0.984. The fourth-order valence-corrected chi connectivity index (χ4v) is 2.31. The molecular formula is C16H11ClF3NO7. The SMILES string of the molecule is COC(Oc1cc(Oc2c(F)c(F)c(C)c(F)c2Cl)ccc1[N+](=O)[O-])C(=O)O. The molecule has 0 fully saturated rings. The molecule has 0 aromatic heterocycles. The number of nitro groups is 1. The summed E-state index contributed by atoms with van der Waals surface area (Å²) < 4.78 is 56.2. The first-order valence-corrected chi connectivity index (χ1v) is 7.67. The van der Waals surface area contributed by atoms with Gasteiger partial charge in [-0.05, 0) is 13.0 Å². The summed E-state index contributed by atoms with van der Waals surface area (Å²) >= 11 is 5.65. The third kappa shape index (κ3) is 4.10. The molecule has 0 bridgehead atoms. The lowest BCUT2D eigenvalue weighted by Gasteiger charge is -2.15. The number of carboxylic acids is 1. The van der Waals surface area contributed by atoms with Crippen LogP contribution in [-0.4, -0.2) is 29.4 Å². The van der Waals surface area contributed by atoms with Crippen molar-refractivity contribution in [2.24, 2.45) is 0 Å². The molecule has 2 aromatic rings. The normalized spacial score (nSPS) is 11.8. The van der Waals surface area contributed by atoms with Crippen molar-refractivity contribution in [2.75, 3.05) is 7.11 Å². The van der Waals surface area contributed by atoms with Crippen molar-refractivity contribution >= 4 is 23.3 Å². The lowest BCUT2D eigenvalue weighted by atomic mass is 10.2. The molecule has 1 N–H and O–H groups in total. The number of carboxylic acid groups (broad SMARTS) is 1.